The average Bonchev–Trinajstić information content (AvgIpc) is 3.01. The van der Waals surface area contributed by atoms with E-state index in [9.17, 15) is 14.4 Å². The molecule has 0 heterocycles. The number of hydrogen-bond donors (Lipinski definition) is 0. The summed E-state index contributed by atoms with van der Waals surface area (Å²) in [4.78, 5) is 37.2. The maximum Gasteiger partial charge on any atom is 0.306 e. The molecule has 0 radical (unpaired) electrons. The van der Waals surface area contributed by atoms with E-state index in [2.05, 4.69) is 34.6 Å². The lowest BCUT2D eigenvalue weighted by atomic mass is 10.0. The largest absolute Gasteiger partial charge is 0.462 e. The summed E-state index contributed by atoms with van der Waals surface area (Å²) in [5.41, 5.74) is 0. The summed E-state index contributed by atoms with van der Waals surface area (Å²) in [7, 11) is 0. The van der Waals surface area contributed by atoms with Gasteiger partial charge in [-0.15, -0.1) is 0 Å². The van der Waals surface area contributed by atoms with E-state index < -0.39 is 6.10 Å². The minimum atomic E-state index is -0.758. The Morgan fingerprint density at radius 2 is 0.717 bits per heavy atom. The highest BCUT2D eigenvalue weighted by atomic mass is 16.6. The van der Waals surface area contributed by atoms with Gasteiger partial charge in [-0.3, -0.25) is 14.4 Å². The maximum absolute atomic E-state index is 12.6. The molecule has 272 valence electrons. The molecule has 0 amide bonds. The van der Waals surface area contributed by atoms with Gasteiger partial charge in [0.1, 0.15) is 13.2 Å². The molecule has 0 aliphatic rings. The van der Waals surface area contributed by atoms with Crippen molar-refractivity contribution in [2.45, 2.75) is 214 Å². The summed E-state index contributed by atoms with van der Waals surface area (Å²) in [6, 6.07) is 0. The Hall–Kier alpha value is -1.59. The van der Waals surface area contributed by atoms with Crippen molar-refractivity contribution in [3.8, 4) is 0 Å². The maximum atomic E-state index is 12.6. The van der Waals surface area contributed by atoms with Gasteiger partial charge < -0.3 is 14.2 Å². The predicted octanol–water partition coefficient (Wildman–Crippen LogP) is 11.8. The van der Waals surface area contributed by atoms with Gasteiger partial charge in [0.25, 0.3) is 0 Å². The molecule has 6 heteroatoms. The number of carbonyl (C=O) groups excluding carboxylic acids is 3. The lowest BCUT2D eigenvalue weighted by Crippen LogP contribution is -2.30. The van der Waals surface area contributed by atoms with Crippen LogP contribution in [0.15, 0.2) is 0 Å². The fourth-order valence-electron chi connectivity index (χ4n) is 5.69. The molecule has 0 bridgehead atoms. The highest BCUT2D eigenvalue weighted by Gasteiger charge is 2.19. The lowest BCUT2D eigenvalue weighted by Gasteiger charge is -2.18. The molecule has 6 nitrogen and oxygen atoms in total. The molecule has 1 atom stereocenters. The summed E-state index contributed by atoms with van der Waals surface area (Å²) in [5, 5.41) is 0. The number of hydrogen-bond acceptors (Lipinski definition) is 6. The number of ether oxygens (including phenoxy) is 3. The zero-order valence-corrected chi connectivity index (χ0v) is 31.2. The van der Waals surface area contributed by atoms with Crippen molar-refractivity contribution in [2.24, 2.45) is 11.8 Å². The molecule has 0 aliphatic carbocycles. The third-order valence-electron chi connectivity index (χ3n) is 8.72. The number of esters is 3. The van der Waals surface area contributed by atoms with Crippen LogP contribution in [0.4, 0.5) is 0 Å². The van der Waals surface area contributed by atoms with Crippen molar-refractivity contribution in [2.75, 3.05) is 13.2 Å². The number of carbonyl (C=O) groups is 3. The van der Waals surface area contributed by atoms with E-state index in [1.165, 1.54) is 89.9 Å². The fraction of sp³-hybridized carbons (Fsp3) is 0.925. The molecule has 0 unspecified atom stereocenters. The zero-order chi connectivity index (χ0) is 34.1. The van der Waals surface area contributed by atoms with Gasteiger partial charge in [-0.25, -0.2) is 0 Å². The summed E-state index contributed by atoms with van der Waals surface area (Å²) >= 11 is 0. The van der Waals surface area contributed by atoms with Crippen molar-refractivity contribution >= 4 is 17.9 Å². The van der Waals surface area contributed by atoms with Gasteiger partial charge in [0, 0.05) is 19.3 Å². The van der Waals surface area contributed by atoms with E-state index >= 15 is 0 Å². The quantitative estimate of drug-likeness (QED) is 0.0391. The van der Waals surface area contributed by atoms with Crippen LogP contribution in [0.1, 0.15) is 208 Å². The smallest absolute Gasteiger partial charge is 0.306 e. The van der Waals surface area contributed by atoms with E-state index in [0.717, 1.165) is 76.0 Å². The van der Waals surface area contributed by atoms with E-state index in [-0.39, 0.29) is 31.1 Å². The lowest BCUT2D eigenvalue weighted by molar-refractivity contribution is -0.167. The van der Waals surface area contributed by atoms with E-state index in [1.807, 2.05) is 0 Å². The SMILES string of the molecule is CCCCCCCC(=O)OC[C@@H](COC(=O)CCCCCCCCCCC(C)C)OC(=O)CCCCCCCCCCCC(C)C. The first-order chi connectivity index (χ1) is 22.2. The van der Waals surface area contributed by atoms with Crippen LogP contribution in [0.3, 0.4) is 0 Å². The van der Waals surface area contributed by atoms with Gasteiger partial charge in [-0.1, -0.05) is 169 Å². The Morgan fingerprint density at radius 3 is 1.07 bits per heavy atom. The van der Waals surface area contributed by atoms with Crippen LogP contribution in [-0.4, -0.2) is 37.2 Å². The topological polar surface area (TPSA) is 78.9 Å². The molecular weight excluding hydrogens is 576 g/mol. The summed E-state index contributed by atoms with van der Waals surface area (Å²) < 4.78 is 16.5. The number of unbranched alkanes of at least 4 members (excludes halogenated alkanes) is 19. The first kappa shape index (κ1) is 44.4. The predicted molar refractivity (Wildman–Crippen MR) is 192 cm³/mol. The Labute approximate surface area is 285 Å². The van der Waals surface area contributed by atoms with E-state index in [1.54, 1.807) is 0 Å². The Bertz CT molecular complexity index is 704. The van der Waals surface area contributed by atoms with Crippen molar-refractivity contribution < 1.29 is 28.6 Å². The van der Waals surface area contributed by atoms with Gasteiger partial charge >= 0.3 is 17.9 Å². The van der Waals surface area contributed by atoms with Crippen molar-refractivity contribution in [3.63, 3.8) is 0 Å². The van der Waals surface area contributed by atoms with E-state index in [0.29, 0.717) is 19.3 Å². The molecule has 0 rings (SSSR count). The third-order valence-corrected chi connectivity index (χ3v) is 8.72. The molecule has 0 N–H and O–H groups in total. The minimum Gasteiger partial charge on any atom is -0.462 e. The van der Waals surface area contributed by atoms with E-state index in [4.69, 9.17) is 14.2 Å². The Morgan fingerprint density at radius 1 is 0.413 bits per heavy atom. The second-order valence-electron chi connectivity index (χ2n) is 14.5. The third kappa shape index (κ3) is 33.8. The zero-order valence-electron chi connectivity index (χ0n) is 31.2. The molecule has 0 aromatic carbocycles. The van der Waals surface area contributed by atoms with Crippen LogP contribution >= 0.6 is 0 Å². The first-order valence-electron chi connectivity index (χ1n) is 19.7. The van der Waals surface area contributed by atoms with Crippen LogP contribution in [-0.2, 0) is 28.6 Å². The highest BCUT2D eigenvalue weighted by Crippen LogP contribution is 2.15. The molecule has 0 spiro atoms. The molecule has 0 aromatic heterocycles. The van der Waals surface area contributed by atoms with Gasteiger partial charge in [0.05, 0.1) is 0 Å². The van der Waals surface area contributed by atoms with Crippen LogP contribution in [0, 0.1) is 11.8 Å². The molecule has 0 saturated heterocycles. The monoisotopic (exact) mass is 653 g/mol. The van der Waals surface area contributed by atoms with Gasteiger partial charge in [0.15, 0.2) is 6.10 Å². The van der Waals surface area contributed by atoms with Gasteiger partial charge in [-0.05, 0) is 31.1 Å². The fourth-order valence-corrected chi connectivity index (χ4v) is 5.69. The molecule has 46 heavy (non-hydrogen) atoms. The standard InChI is InChI=1S/C40H76O6/c1-6-7-8-18-25-30-38(41)44-33-37(34-45-39(42)31-26-21-16-13-12-15-20-24-29-36(4)5)46-40(43)32-27-22-17-11-9-10-14-19-23-28-35(2)3/h35-37H,6-34H2,1-5H3/t37-/m0/s1. The summed E-state index contributed by atoms with van der Waals surface area (Å²) in [6.45, 7) is 11.2. The van der Waals surface area contributed by atoms with Crippen molar-refractivity contribution in [1.82, 2.24) is 0 Å². The molecule has 0 aliphatic heterocycles. The minimum absolute atomic E-state index is 0.0676. The van der Waals surface area contributed by atoms with Crippen molar-refractivity contribution in [1.29, 1.82) is 0 Å². The van der Waals surface area contributed by atoms with Crippen molar-refractivity contribution in [3.05, 3.63) is 0 Å². The van der Waals surface area contributed by atoms with Gasteiger partial charge in [0.2, 0.25) is 0 Å². The second kappa shape index (κ2) is 33.3. The summed E-state index contributed by atoms with van der Waals surface area (Å²) in [6.07, 6.45) is 28.4. The second-order valence-corrected chi connectivity index (χ2v) is 14.5. The Kier molecular flexibility index (Phi) is 32.2. The van der Waals surface area contributed by atoms with Crippen LogP contribution in [0.5, 0.6) is 0 Å². The number of rotatable bonds is 34. The molecule has 0 fully saturated rings. The first-order valence-corrected chi connectivity index (χ1v) is 19.7. The van der Waals surface area contributed by atoms with Gasteiger partial charge in [-0.2, -0.15) is 0 Å². The van der Waals surface area contributed by atoms with Crippen LogP contribution < -0.4 is 0 Å². The van der Waals surface area contributed by atoms with Crippen LogP contribution in [0.2, 0.25) is 0 Å². The molecular formula is C40H76O6. The highest BCUT2D eigenvalue weighted by molar-refractivity contribution is 5.71. The average molecular weight is 653 g/mol. The molecule has 0 saturated carbocycles. The Balaban J connectivity index is 4.28. The normalized spacial score (nSPS) is 12.1. The van der Waals surface area contributed by atoms with Crippen LogP contribution in [0.25, 0.3) is 0 Å². The molecule has 0 aromatic rings. The summed E-state index contributed by atoms with van der Waals surface area (Å²) in [5.74, 6) is 0.721.